The van der Waals surface area contributed by atoms with Crippen LogP contribution in [-0.4, -0.2) is 28.0 Å². The highest BCUT2D eigenvalue weighted by Crippen LogP contribution is 2.30. The van der Waals surface area contributed by atoms with Crippen LogP contribution in [0.2, 0.25) is 0 Å². The minimum absolute atomic E-state index is 0.130. The molecule has 0 saturated carbocycles. The van der Waals surface area contributed by atoms with Gasteiger partial charge in [-0.25, -0.2) is 19.7 Å². The summed E-state index contributed by atoms with van der Waals surface area (Å²) in [6.45, 7) is 1.45. The van der Waals surface area contributed by atoms with Crippen LogP contribution in [-0.2, 0) is 10.9 Å². The summed E-state index contributed by atoms with van der Waals surface area (Å²) in [5.41, 5.74) is 3.80. The third-order valence-electron chi connectivity index (χ3n) is 2.94. The van der Waals surface area contributed by atoms with Gasteiger partial charge in [-0.2, -0.15) is 17.6 Å². The van der Waals surface area contributed by atoms with Crippen molar-refractivity contribution in [1.29, 1.82) is 0 Å². The fourth-order valence-electron chi connectivity index (χ4n) is 1.71. The van der Waals surface area contributed by atoms with Crippen LogP contribution in [0.3, 0.4) is 0 Å². The summed E-state index contributed by atoms with van der Waals surface area (Å²) in [6, 6.07) is 1.39. The molecule has 0 bridgehead atoms. The van der Waals surface area contributed by atoms with E-state index in [1.165, 1.54) is 6.92 Å². The Morgan fingerprint density at radius 3 is 2.39 bits per heavy atom. The highest BCUT2D eigenvalue weighted by molar-refractivity contribution is 5.90. The number of anilines is 1. The van der Waals surface area contributed by atoms with Gasteiger partial charge in [0.05, 0.1) is 12.7 Å². The number of ether oxygens (including phenoxy) is 1. The van der Waals surface area contributed by atoms with Crippen LogP contribution in [0.1, 0.15) is 21.7 Å². The van der Waals surface area contributed by atoms with Gasteiger partial charge in [0.15, 0.2) is 11.5 Å². The van der Waals surface area contributed by atoms with E-state index in [1.807, 2.05) is 0 Å². The molecule has 122 valence electrons. The van der Waals surface area contributed by atoms with Gasteiger partial charge in [0.2, 0.25) is 5.95 Å². The maximum absolute atomic E-state index is 13.9. The van der Waals surface area contributed by atoms with Crippen LogP contribution >= 0.6 is 0 Å². The van der Waals surface area contributed by atoms with Gasteiger partial charge in [-0.15, -0.1) is 0 Å². The third kappa shape index (κ3) is 3.20. The fourth-order valence-corrected chi connectivity index (χ4v) is 1.71. The van der Waals surface area contributed by atoms with Crippen LogP contribution in [0, 0.1) is 12.9 Å². The molecule has 0 radical (unpaired) electrons. The first-order chi connectivity index (χ1) is 10.6. The average molecular weight is 330 g/mol. The number of aromatic nitrogens is 3. The van der Waals surface area contributed by atoms with Crippen molar-refractivity contribution in [3.05, 3.63) is 35.0 Å². The first-order valence-corrected chi connectivity index (χ1v) is 6.11. The van der Waals surface area contributed by atoms with E-state index >= 15 is 0 Å². The second-order valence-electron chi connectivity index (χ2n) is 4.43. The fraction of sp³-hybridized carbons (Fsp3) is 0.231. The number of alkyl halides is 3. The Bertz CT molecular complexity index is 777. The summed E-state index contributed by atoms with van der Waals surface area (Å²) >= 11 is 0. The molecule has 2 rings (SSSR count). The Kier molecular flexibility index (Phi) is 4.17. The minimum Gasteiger partial charge on any atom is -0.464 e. The zero-order valence-corrected chi connectivity index (χ0v) is 11.9. The van der Waals surface area contributed by atoms with Gasteiger partial charge in [0.25, 0.3) is 0 Å². The van der Waals surface area contributed by atoms with Gasteiger partial charge >= 0.3 is 12.1 Å². The molecule has 2 N–H and O–H groups in total. The summed E-state index contributed by atoms with van der Waals surface area (Å²) in [6.07, 6.45) is -4.79. The molecular weight excluding hydrogens is 320 g/mol. The van der Waals surface area contributed by atoms with Crippen LogP contribution < -0.4 is 5.73 Å². The molecular formula is C13H10F4N4O2. The number of pyridine rings is 1. The van der Waals surface area contributed by atoms with E-state index in [0.29, 0.717) is 6.07 Å². The number of hydrogen-bond acceptors (Lipinski definition) is 6. The van der Waals surface area contributed by atoms with Crippen molar-refractivity contribution in [2.45, 2.75) is 13.1 Å². The number of nitrogen functional groups attached to an aromatic ring is 1. The molecule has 0 atom stereocenters. The SMILES string of the molecule is COC(=O)c1nc(-c2ccc(C(F)(F)F)nc2F)nc(N)c1C. The van der Waals surface area contributed by atoms with E-state index in [4.69, 9.17) is 5.73 Å². The number of hydrogen-bond donors (Lipinski definition) is 1. The predicted octanol–water partition coefficient (Wildman–Crippen LogP) is 2.37. The summed E-state index contributed by atoms with van der Waals surface area (Å²) in [4.78, 5) is 22.0. The van der Waals surface area contributed by atoms with Crippen molar-refractivity contribution >= 4 is 11.8 Å². The number of nitrogens with zero attached hydrogens (tertiary/aromatic N) is 3. The van der Waals surface area contributed by atoms with Gasteiger partial charge in [-0.3, -0.25) is 0 Å². The van der Waals surface area contributed by atoms with Crippen LogP contribution in [0.25, 0.3) is 11.4 Å². The summed E-state index contributed by atoms with van der Waals surface area (Å²) in [7, 11) is 1.11. The number of rotatable bonds is 2. The zero-order valence-electron chi connectivity index (χ0n) is 11.9. The summed E-state index contributed by atoms with van der Waals surface area (Å²) in [5, 5.41) is 0. The van der Waals surface area contributed by atoms with Crippen molar-refractivity contribution in [2.75, 3.05) is 12.8 Å². The molecule has 10 heteroatoms. The van der Waals surface area contributed by atoms with E-state index in [2.05, 4.69) is 19.7 Å². The molecule has 6 nitrogen and oxygen atoms in total. The van der Waals surface area contributed by atoms with Crippen LogP contribution in [0.4, 0.5) is 23.4 Å². The van der Waals surface area contributed by atoms with E-state index in [9.17, 15) is 22.4 Å². The van der Waals surface area contributed by atoms with Crippen molar-refractivity contribution in [2.24, 2.45) is 0 Å². The average Bonchev–Trinajstić information content (AvgIpc) is 2.48. The first-order valence-electron chi connectivity index (χ1n) is 6.11. The van der Waals surface area contributed by atoms with Crippen molar-refractivity contribution in [1.82, 2.24) is 15.0 Å². The Morgan fingerprint density at radius 1 is 1.22 bits per heavy atom. The molecule has 0 amide bonds. The predicted molar refractivity (Wildman–Crippen MR) is 70.7 cm³/mol. The molecule has 0 saturated heterocycles. The molecule has 2 aromatic heterocycles. The molecule has 2 aromatic rings. The van der Waals surface area contributed by atoms with E-state index in [-0.39, 0.29) is 22.9 Å². The largest absolute Gasteiger partial charge is 0.464 e. The highest BCUT2D eigenvalue weighted by atomic mass is 19.4. The standard InChI is InChI=1S/C13H10F4N4O2/c1-5-8(12(22)23-2)20-11(21-10(5)18)6-3-4-7(13(15,16)17)19-9(6)14/h3-4H,1-2H3,(H2,18,20,21). The molecule has 0 unspecified atom stereocenters. The second-order valence-corrected chi connectivity index (χ2v) is 4.43. The maximum Gasteiger partial charge on any atom is 0.433 e. The van der Waals surface area contributed by atoms with Gasteiger partial charge in [-0.1, -0.05) is 0 Å². The Balaban J connectivity index is 2.59. The Labute approximate surface area is 127 Å². The number of esters is 1. The lowest BCUT2D eigenvalue weighted by atomic mass is 10.2. The number of methoxy groups -OCH3 is 1. The number of nitrogens with two attached hydrogens (primary N) is 1. The topological polar surface area (TPSA) is 91.0 Å². The molecule has 0 aliphatic carbocycles. The number of carbonyl (C=O) groups is 1. The third-order valence-corrected chi connectivity index (χ3v) is 2.94. The number of halogens is 4. The smallest absolute Gasteiger partial charge is 0.433 e. The Morgan fingerprint density at radius 2 is 1.87 bits per heavy atom. The van der Waals surface area contributed by atoms with Gasteiger partial charge < -0.3 is 10.5 Å². The molecule has 0 aliphatic heterocycles. The summed E-state index contributed by atoms with van der Waals surface area (Å²) < 4.78 is 55.9. The van der Waals surface area contributed by atoms with Gasteiger partial charge in [0, 0.05) is 5.56 Å². The molecule has 0 spiro atoms. The monoisotopic (exact) mass is 330 g/mol. The van der Waals surface area contributed by atoms with Crippen molar-refractivity contribution in [3.63, 3.8) is 0 Å². The van der Waals surface area contributed by atoms with E-state index < -0.39 is 29.4 Å². The van der Waals surface area contributed by atoms with Crippen molar-refractivity contribution in [3.8, 4) is 11.4 Å². The lowest BCUT2D eigenvalue weighted by Crippen LogP contribution is -2.13. The molecule has 23 heavy (non-hydrogen) atoms. The summed E-state index contributed by atoms with van der Waals surface area (Å²) in [5.74, 6) is -2.76. The molecule has 2 heterocycles. The zero-order chi connectivity index (χ0) is 17.4. The van der Waals surface area contributed by atoms with E-state index in [0.717, 1.165) is 13.2 Å². The second kappa shape index (κ2) is 5.78. The normalized spacial score (nSPS) is 11.4. The quantitative estimate of drug-likeness (QED) is 0.516. The lowest BCUT2D eigenvalue weighted by Gasteiger charge is -2.10. The highest BCUT2D eigenvalue weighted by Gasteiger charge is 2.33. The van der Waals surface area contributed by atoms with Gasteiger partial charge in [0.1, 0.15) is 11.5 Å². The van der Waals surface area contributed by atoms with Crippen LogP contribution in [0.5, 0.6) is 0 Å². The van der Waals surface area contributed by atoms with Crippen LogP contribution in [0.15, 0.2) is 12.1 Å². The molecule has 0 aromatic carbocycles. The molecule has 0 aliphatic rings. The van der Waals surface area contributed by atoms with E-state index in [1.54, 1.807) is 0 Å². The van der Waals surface area contributed by atoms with Gasteiger partial charge in [-0.05, 0) is 19.1 Å². The first kappa shape index (κ1) is 16.6. The lowest BCUT2D eigenvalue weighted by molar-refractivity contribution is -0.141. The number of carbonyl (C=O) groups excluding carboxylic acids is 1. The Hall–Kier alpha value is -2.78. The maximum atomic E-state index is 13.9. The van der Waals surface area contributed by atoms with Crippen molar-refractivity contribution < 1.29 is 27.1 Å². The minimum atomic E-state index is -4.79. The molecule has 0 fully saturated rings.